The molecule has 0 saturated heterocycles. The summed E-state index contributed by atoms with van der Waals surface area (Å²) in [6.45, 7) is 4.25. The normalized spacial score (nSPS) is 10.5. The molecule has 0 spiro atoms. The van der Waals surface area contributed by atoms with Crippen LogP contribution in [0.1, 0.15) is 11.4 Å². The zero-order valence-electron chi connectivity index (χ0n) is 10.4. The third-order valence-corrected chi connectivity index (χ3v) is 3.23. The first kappa shape index (κ1) is 10.8. The number of rotatable bonds is 1. The summed E-state index contributed by atoms with van der Waals surface area (Å²) in [5.41, 5.74) is 5.01. The van der Waals surface area contributed by atoms with Gasteiger partial charge in [0, 0.05) is 38.1 Å². The van der Waals surface area contributed by atoms with Crippen LogP contribution < -0.4 is 9.13 Å². The first-order valence-electron chi connectivity index (χ1n) is 5.53. The lowest BCUT2D eigenvalue weighted by atomic mass is 10.2. The monoisotopic (exact) mass is 214 g/mol. The van der Waals surface area contributed by atoms with Gasteiger partial charge >= 0.3 is 0 Å². The summed E-state index contributed by atoms with van der Waals surface area (Å²) in [7, 11) is 4.21. The van der Waals surface area contributed by atoms with E-state index in [1.807, 2.05) is 0 Å². The standard InChI is InChI=1S/C14H18N2/c1-11-7-5-9-13(15(11)3)14-10-6-8-12(2)16(14)4/h5-10H,1-4H3/q+2. The van der Waals surface area contributed by atoms with Gasteiger partial charge in [0.1, 0.15) is 14.1 Å². The van der Waals surface area contributed by atoms with E-state index in [0.29, 0.717) is 0 Å². The largest absolute Gasteiger partial charge is 0.277 e. The molecule has 82 valence electrons. The van der Waals surface area contributed by atoms with Gasteiger partial charge in [-0.1, -0.05) is 0 Å². The summed E-state index contributed by atoms with van der Waals surface area (Å²) in [5.74, 6) is 0. The lowest BCUT2D eigenvalue weighted by Gasteiger charge is -2.02. The maximum absolute atomic E-state index is 2.22. The molecule has 2 aromatic rings. The van der Waals surface area contributed by atoms with Gasteiger partial charge in [-0.3, -0.25) is 0 Å². The second-order valence-corrected chi connectivity index (χ2v) is 4.22. The Labute approximate surface area is 96.8 Å². The van der Waals surface area contributed by atoms with Gasteiger partial charge in [0.25, 0.3) is 11.4 Å². The molecule has 2 heterocycles. The molecular formula is C14H18N2+2. The van der Waals surface area contributed by atoms with Crippen LogP contribution in [0.2, 0.25) is 0 Å². The number of aromatic nitrogens is 2. The number of hydrogen-bond donors (Lipinski definition) is 0. The van der Waals surface area contributed by atoms with Crippen molar-refractivity contribution in [3.05, 3.63) is 47.8 Å². The van der Waals surface area contributed by atoms with Gasteiger partial charge < -0.3 is 0 Å². The van der Waals surface area contributed by atoms with Crippen LogP contribution in [0.4, 0.5) is 0 Å². The van der Waals surface area contributed by atoms with Crippen LogP contribution in [0.25, 0.3) is 11.4 Å². The molecule has 0 aliphatic carbocycles. The average Bonchev–Trinajstić information content (AvgIpc) is 2.27. The molecule has 0 saturated carbocycles. The summed E-state index contributed by atoms with van der Waals surface area (Å²) >= 11 is 0. The van der Waals surface area contributed by atoms with E-state index in [0.717, 1.165) is 0 Å². The highest BCUT2D eigenvalue weighted by molar-refractivity contribution is 5.46. The molecule has 0 amide bonds. The van der Waals surface area contributed by atoms with Crippen molar-refractivity contribution in [3.63, 3.8) is 0 Å². The van der Waals surface area contributed by atoms with Crippen molar-refractivity contribution in [2.75, 3.05) is 0 Å². The molecule has 2 aromatic heterocycles. The van der Waals surface area contributed by atoms with Crippen molar-refractivity contribution in [2.45, 2.75) is 13.8 Å². The Morgan fingerprint density at radius 3 is 1.44 bits per heavy atom. The van der Waals surface area contributed by atoms with Crippen LogP contribution in [0, 0.1) is 13.8 Å². The van der Waals surface area contributed by atoms with Crippen molar-refractivity contribution >= 4 is 0 Å². The van der Waals surface area contributed by atoms with Gasteiger partial charge in [0.2, 0.25) is 0 Å². The van der Waals surface area contributed by atoms with E-state index in [1.54, 1.807) is 0 Å². The van der Waals surface area contributed by atoms with Crippen LogP contribution in [0.5, 0.6) is 0 Å². The van der Waals surface area contributed by atoms with E-state index in [2.05, 4.69) is 73.5 Å². The maximum Gasteiger partial charge on any atom is 0.277 e. The number of nitrogens with zero attached hydrogens (tertiary/aromatic N) is 2. The van der Waals surface area contributed by atoms with Crippen LogP contribution in [0.3, 0.4) is 0 Å². The van der Waals surface area contributed by atoms with E-state index in [4.69, 9.17) is 0 Å². The van der Waals surface area contributed by atoms with E-state index in [-0.39, 0.29) is 0 Å². The summed E-state index contributed by atoms with van der Waals surface area (Å²) in [4.78, 5) is 0. The molecule has 0 aromatic carbocycles. The fraction of sp³-hybridized carbons (Fsp3) is 0.286. The van der Waals surface area contributed by atoms with E-state index in [1.165, 1.54) is 22.8 Å². The number of hydrogen-bond acceptors (Lipinski definition) is 0. The van der Waals surface area contributed by atoms with Gasteiger partial charge in [-0.25, -0.2) is 0 Å². The SMILES string of the molecule is Cc1cccc(-c2cccc(C)[n+]2C)[n+]1C. The van der Waals surface area contributed by atoms with Crippen molar-refractivity contribution in [3.8, 4) is 11.4 Å². The van der Waals surface area contributed by atoms with Crippen LogP contribution >= 0.6 is 0 Å². The topological polar surface area (TPSA) is 7.76 Å². The molecule has 0 bridgehead atoms. The highest BCUT2D eigenvalue weighted by Gasteiger charge is 2.20. The Bertz CT molecular complexity index is 481. The lowest BCUT2D eigenvalue weighted by molar-refractivity contribution is -0.696. The van der Waals surface area contributed by atoms with Gasteiger partial charge in [0.15, 0.2) is 11.4 Å². The number of aryl methyl sites for hydroxylation is 2. The molecule has 0 atom stereocenters. The molecule has 2 nitrogen and oxygen atoms in total. The molecule has 16 heavy (non-hydrogen) atoms. The predicted molar refractivity (Wildman–Crippen MR) is 63.7 cm³/mol. The zero-order valence-corrected chi connectivity index (χ0v) is 10.4. The second kappa shape index (κ2) is 4.05. The molecule has 0 fully saturated rings. The van der Waals surface area contributed by atoms with Crippen LogP contribution in [0.15, 0.2) is 36.4 Å². The summed E-state index contributed by atoms with van der Waals surface area (Å²) < 4.78 is 4.43. The zero-order chi connectivity index (χ0) is 11.7. The number of pyridine rings is 2. The molecule has 2 rings (SSSR count). The maximum atomic E-state index is 2.22. The Balaban J connectivity index is 2.68. The first-order chi connectivity index (χ1) is 7.61. The Morgan fingerprint density at radius 1 is 0.688 bits per heavy atom. The molecule has 0 radical (unpaired) electrons. The van der Waals surface area contributed by atoms with Crippen molar-refractivity contribution in [1.29, 1.82) is 0 Å². The summed E-state index contributed by atoms with van der Waals surface area (Å²) in [5, 5.41) is 0. The third kappa shape index (κ3) is 1.71. The van der Waals surface area contributed by atoms with Gasteiger partial charge in [-0.2, -0.15) is 9.13 Å². The van der Waals surface area contributed by atoms with E-state index in [9.17, 15) is 0 Å². The molecule has 0 aliphatic heterocycles. The Kier molecular flexibility index (Phi) is 2.73. The van der Waals surface area contributed by atoms with Crippen molar-refractivity contribution in [2.24, 2.45) is 14.1 Å². The van der Waals surface area contributed by atoms with Crippen molar-refractivity contribution in [1.82, 2.24) is 0 Å². The molecular weight excluding hydrogens is 196 g/mol. The Hall–Kier alpha value is -1.70. The summed E-state index contributed by atoms with van der Waals surface area (Å²) in [6.07, 6.45) is 0. The predicted octanol–water partition coefficient (Wildman–Crippen LogP) is 1.62. The van der Waals surface area contributed by atoms with E-state index >= 15 is 0 Å². The van der Waals surface area contributed by atoms with Gasteiger partial charge in [-0.15, -0.1) is 0 Å². The van der Waals surface area contributed by atoms with E-state index < -0.39 is 0 Å². The molecule has 0 aliphatic rings. The molecule has 2 heteroatoms. The van der Waals surface area contributed by atoms with Gasteiger partial charge in [0.05, 0.1) is 0 Å². The average molecular weight is 214 g/mol. The smallest absolute Gasteiger partial charge is 0.193 e. The fourth-order valence-electron chi connectivity index (χ4n) is 1.90. The third-order valence-electron chi connectivity index (χ3n) is 3.23. The highest BCUT2D eigenvalue weighted by Crippen LogP contribution is 2.10. The minimum atomic E-state index is 1.24. The first-order valence-corrected chi connectivity index (χ1v) is 5.53. The Morgan fingerprint density at radius 2 is 1.06 bits per heavy atom. The van der Waals surface area contributed by atoms with Gasteiger partial charge in [-0.05, 0) is 12.1 Å². The van der Waals surface area contributed by atoms with Crippen molar-refractivity contribution < 1.29 is 9.13 Å². The highest BCUT2D eigenvalue weighted by atomic mass is 15.0. The second-order valence-electron chi connectivity index (χ2n) is 4.22. The summed E-state index contributed by atoms with van der Waals surface area (Å²) in [6, 6.07) is 12.8. The minimum absolute atomic E-state index is 1.24. The lowest BCUT2D eigenvalue weighted by Crippen LogP contribution is -2.41. The molecule has 0 N–H and O–H groups in total. The minimum Gasteiger partial charge on any atom is -0.193 e. The fourth-order valence-corrected chi connectivity index (χ4v) is 1.90. The quantitative estimate of drug-likeness (QED) is 0.637. The molecule has 0 unspecified atom stereocenters. The van der Waals surface area contributed by atoms with Crippen LogP contribution in [-0.4, -0.2) is 0 Å². The van der Waals surface area contributed by atoms with Crippen LogP contribution in [-0.2, 0) is 14.1 Å².